The highest BCUT2D eigenvalue weighted by molar-refractivity contribution is 7.14. The highest BCUT2D eigenvalue weighted by Crippen LogP contribution is 2.26. The third-order valence-corrected chi connectivity index (χ3v) is 7.06. The van der Waals surface area contributed by atoms with E-state index in [9.17, 15) is 9.59 Å². The molecule has 0 saturated carbocycles. The normalized spacial score (nSPS) is 19.3. The molecule has 1 saturated heterocycles. The summed E-state index contributed by atoms with van der Waals surface area (Å²) in [5.74, 6) is 0.774. The highest BCUT2D eigenvalue weighted by Gasteiger charge is 2.28. The molecule has 2 aliphatic rings. The van der Waals surface area contributed by atoms with E-state index < -0.39 is 0 Å². The molecule has 2 aromatic rings. The zero-order valence-electron chi connectivity index (χ0n) is 17.0. The van der Waals surface area contributed by atoms with Gasteiger partial charge in [0.25, 0.3) is 11.8 Å². The third kappa shape index (κ3) is 4.38. The summed E-state index contributed by atoms with van der Waals surface area (Å²) in [6.45, 7) is 8.09. The van der Waals surface area contributed by atoms with Crippen LogP contribution in [0.25, 0.3) is 0 Å². The van der Waals surface area contributed by atoms with Gasteiger partial charge in [0.05, 0.1) is 35.5 Å². The summed E-state index contributed by atoms with van der Waals surface area (Å²) in [6.07, 6.45) is 3.41. The van der Waals surface area contributed by atoms with Crippen LogP contribution < -0.4 is 5.32 Å². The molecule has 0 aliphatic carbocycles. The fraction of sp³-hybridized carbons (Fsp3) is 0.571. The van der Waals surface area contributed by atoms with Crippen molar-refractivity contribution >= 4 is 23.2 Å². The van der Waals surface area contributed by atoms with Crippen molar-refractivity contribution in [3.05, 3.63) is 39.3 Å². The number of rotatable bonds is 5. The van der Waals surface area contributed by atoms with Crippen molar-refractivity contribution in [3.63, 3.8) is 0 Å². The average molecular weight is 417 g/mol. The number of nitrogens with zero attached hydrogens (tertiary/aromatic N) is 3. The Balaban J connectivity index is 1.37. The van der Waals surface area contributed by atoms with Crippen molar-refractivity contribution in [1.82, 2.24) is 20.0 Å². The fourth-order valence-electron chi connectivity index (χ4n) is 3.90. The summed E-state index contributed by atoms with van der Waals surface area (Å²) < 4.78 is 7.29. The first kappa shape index (κ1) is 20.1. The number of carbonyl (C=O) groups is 2. The van der Waals surface area contributed by atoms with Crippen LogP contribution in [0.4, 0.5) is 0 Å². The first-order chi connectivity index (χ1) is 14.0. The number of thiophene rings is 1. The maximum atomic E-state index is 12.9. The maximum Gasteiger partial charge on any atom is 0.261 e. The lowest BCUT2D eigenvalue weighted by Gasteiger charge is -2.28. The van der Waals surface area contributed by atoms with E-state index in [1.807, 2.05) is 21.7 Å². The van der Waals surface area contributed by atoms with Crippen molar-refractivity contribution < 1.29 is 14.3 Å². The number of aryl methyl sites for hydroxylation is 1. The lowest BCUT2D eigenvalue weighted by atomic mass is 9.94. The predicted octanol–water partition coefficient (Wildman–Crippen LogP) is 2.53. The van der Waals surface area contributed by atoms with Crippen LogP contribution in [0.5, 0.6) is 0 Å². The SMILES string of the molecule is CC(C)c1ccc(C(=O)NC[C@@H]2CCn3ncc(C(=O)N4CCOCC4)c3C2)s1. The van der Waals surface area contributed by atoms with Gasteiger partial charge in [0.2, 0.25) is 0 Å². The summed E-state index contributed by atoms with van der Waals surface area (Å²) in [5.41, 5.74) is 1.69. The minimum Gasteiger partial charge on any atom is -0.378 e. The quantitative estimate of drug-likeness (QED) is 0.813. The number of fused-ring (bicyclic) bond motifs is 1. The number of morpholine rings is 1. The number of hydrogen-bond acceptors (Lipinski definition) is 5. The Morgan fingerprint density at radius 1 is 1.28 bits per heavy atom. The molecular formula is C21H28N4O3S. The molecule has 29 heavy (non-hydrogen) atoms. The molecule has 0 radical (unpaired) electrons. The van der Waals surface area contributed by atoms with Gasteiger partial charge in [-0.25, -0.2) is 0 Å². The second kappa shape index (κ2) is 8.67. The van der Waals surface area contributed by atoms with Gasteiger partial charge >= 0.3 is 0 Å². The topological polar surface area (TPSA) is 76.5 Å². The van der Waals surface area contributed by atoms with Crippen molar-refractivity contribution in [2.45, 2.75) is 39.2 Å². The first-order valence-electron chi connectivity index (χ1n) is 10.3. The molecule has 0 aromatic carbocycles. The Labute approximate surface area is 175 Å². The second-order valence-electron chi connectivity index (χ2n) is 8.06. The standard InChI is InChI=1S/C21H28N4O3S/c1-14(2)18-3-4-19(29-18)20(26)22-12-15-5-6-25-17(11-15)16(13-23-25)21(27)24-7-9-28-10-8-24/h3-4,13-15H,5-12H2,1-2H3,(H,22,26)/t15-/m1/s1. The van der Waals surface area contributed by atoms with Gasteiger partial charge < -0.3 is 15.0 Å². The number of amides is 2. The van der Waals surface area contributed by atoms with E-state index >= 15 is 0 Å². The number of aromatic nitrogens is 2. The fourth-order valence-corrected chi connectivity index (χ4v) is 4.82. The van der Waals surface area contributed by atoms with Crippen LogP contribution >= 0.6 is 11.3 Å². The monoisotopic (exact) mass is 416 g/mol. The molecule has 7 nitrogen and oxygen atoms in total. The minimum absolute atomic E-state index is 0.00871. The van der Waals surface area contributed by atoms with E-state index in [4.69, 9.17) is 4.74 Å². The van der Waals surface area contributed by atoms with Crippen molar-refractivity contribution in [2.75, 3.05) is 32.8 Å². The summed E-state index contributed by atoms with van der Waals surface area (Å²) in [6, 6.07) is 3.94. The van der Waals surface area contributed by atoms with Crippen molar-refractivity contribution in [2.24, 2.45) is 5.92 Å². The van der Waals surface area contributed by atoms with Gasteiger partial charge in [0.15, 0.2) is 0 Å². The summed E-state index contributed by atoms with van der Waals surface area (Å²) in [4.78, 5) is 29.2. The Bertz CT molecular complexity index is 882. The first-order valence-corrected chi connectivity index (χ1v) is 11.1. The summed E-state index contributed by atoms with van der Waals surface area (Å²) >= 11 is 1.56. The third-order valence-electron chi connectivity index (χ3n) is 5.68. The van der Waals surface area contributed by atoms with Gasteiger partial charge in [-0.3, -0.25) is 14.3 Å². The second-order valence-corrected chi connectivity index (χ2v) is 9.17. The largest absolute Gasteiger partial charge is 0.378 e. The van der Waals surface area contributed by atoms with Crippen LogP contribution in [-0.2, 0) is 17.7 Å². The molecule has 1 atom stereocenters. The Kier molecular flexibility index (Phi) is 6.01. The number of carbonyl (C=O) groups excluding carboxylic acids is 2. The molecule has 0 spiro atoms. The van der Waals surface area contributed by atoms with Gasteiger partial charge in [-0.05, 0) is 36.8 Å². The Morgan fingerprint density at radius 3 is 2.79 bits per heavy atom. The van der Waals surface area contributed by atoms with E-state index in [2.05, 4.69) is 24.3 Å². The molecule has 2 aromatic heterocycles. The van der Waals surface area contributed by atoms with Gasteiger partial charge in [0, 0.05) is 31.1 Å². The predicted molar refractivity (Wildman–Crippen MR) is 112 cm³/mol. The molecule has 1 fully saturated rings. The van der Waals surface area contributed by atoms with Gasteiger partial charge in [-0.2, -0.15) is 5.10 Å². The van der Waals surface area contributed by atoms with Crippen LogP contribution in [0, 0.1) is 5.92 Å². The molecule has 2 aliphatic heterocycles. The molecular weight excluding hydrogens is 388 g/mol. The summed E-state index contributed by atoms with van der Waals surface area (Å²) in [7, 11) is 0. The molecule has 0 unspecified atom stereocenters. The smallest absolute Gasteiger partial charge is 0.261 e. The lowest BCUT2D eigenvalue weighted by molar-refractivity contribution is 0.0301. The van der Waals surface area contributed by atoms with E-state index in [-0.39, 0.29) is 11.8 Å². The summed E-state index contributed by atoms with van der Waals surface area (Å²) in [5, 5.41) is 7.51. The van der Waals surface area contributed by atoms with E-state index in [1.165, 1.54) is 4.88 Å². The van der Waals surface area contributed by atoms with Crippen LogP contribution in [0.3, 0.4) is 0 Å². The Hall–Kier alpha value is -2.19. The van der Waals surface area contributed by atoms with Crippen molar-refractivity contribution in [1.29, 1.82) is 0 Å². The molecule has 4 rings (SSSR count). The van der Waals surface area contributed by atoms with Gasteiger partial charge in [-0.15, -0.1) is 11.3 Å². The average Bonchev–Trinajstić information content (AvgIpc) is 3.39. The van der Waals surface area contributed by atoms with Crippen LogP contribution in [0.1, 0.15) is 56.8 Å². The van der Waals surface area contributed by atoms with Gasteiger partial charge in [0.1, 0.15) is 0 Å². The molecule has 0 bridgehead atoms. The molecule has 1 N–H and O–H groups in total. The van der Waals surface area contributed by atoms with E-state index in [1.54, 1.807) is 17.5 Å². The Morgan fingerprint density at radius 2 is 2.07 bits per heavy atom. The number of ether oxygens (including phenoxy) is 1. The molecule has 8 heteroatoms. The van der Waals surface area contributed by atoms with Crippen LogP contribution in [-0.4, -0.2) is 59.3 Å². The number of nitrogens with one attached hydrogen (secondary N) is 1. The molecule has 156 valence electrons. The lowest BCUT2D eigenvalue weighted by Crippen LogP contribution is -2.41. The maximum absolute atomic E-state index is 12.9. The van der Waals surface area contributed by atoms with Crippen LogP contribution in [0.15, 0.2) is 18.3 Å². The highest BCUT2D eigenvalue weighted by atomic mass is 32.1. The van der Waals surface area contributed by atoms with E-state index in [0.29, 0.717) is 50.2 Å². The number of hydrogen-bond donors (Lipinski definition) is 1. The zero-order valence-corrected chi connectivity index (χ0v) is 17.8. The minimum atomic E-state index is -0.00871. The zero-order chi connectivity index (χ0) is 20.4. The molecule has 4 heterocycles. The van der Waals surface area contributed by atoms with Gasteiger partial charge in [-0.1, -0.05) is 13.8 Å². The molecule has 2 amide bonds. The van der Waals surface area contributed by atoms with E-state index in [0.717, 1.165) is 30.0 Å². The van der Waals surface area contributed by atoms with Crippen LogP contribution in [0.2, 0.25) is 0 Å². The van der Waals surface area contributed by atoms with Crippen molar-refractivity contribution in [3.8, 4) is 0 Å².